The molecule has 0 N–H and O–H groups in total. The number of alkyl halides is 2. The van der Waals surface area contributed by atoms with E-state index < -0.39 is 22.7 Å². The molecule has 0 saturated carbocycles. The summed E-state index contributed by atoms with van der Waals surface area (Å²) >= 11 is 0. The second-order valence-corrected chi connectivity index (χ2v) is 6.47. The first kappa shape index (κ1) is 16.5. The van der Waals surface area contributed by atoms with Crippen molar-refractivity contribution in [2.45, 2.75) is 24.5 Å². The monoisotopic (exact) mass is 328 g/mol. The molecule has 2 atom stereocenters. The fourth-order valence-electron chi connectivity index (χ4n) is 2.00. The highest BCUT2D eigenvalue weighted by molar-refractivity contribution is 7.84. The van der Waals surface area contributed by atoms with Crippen molar-refractivity contribution in [3.63, 3.8) is 0 Å². The molecule has 118 valence electrons. The van der Waals surface area contributed by atoms with Crippen molar-refractivity contribution in [1.82, 2.24) is 0 Å². The fourth-order valence-corrected chi connectivity index (χ4v) is 3.25. The van der Waals surface area contributed by atoms with Crippen molar-refractivity contribution in [3.8, 4) is 5.75 Å². The molecule has 6 heteroatoms. The number of rotatable bonds is 6. The summed E-state index contributed by atoms with van der Waals surface area (Å²) in [7, 11) is -1.32. The first-order valence-electron chi connectivity index (χ1n) is 6.62. The SMILES string of the molecule is CC(c1ccccc1F)S(=O)Cc1ccc(OC(F)F)cc1. The van der Waals surface area contributed by atoms with Crippen LogP contribution in [0.4, 0.5) is 13.2 Å². The number of hydrogen-bond donors (Lipinski definition) is 0. The molecule has 0 fully saturated rings. The van der Waals surface area contributed by atoms with Crippen molar-refractivity contribution in [3.05, 3.63) is 65.5 Å². The van der Waals surface area contributed by atoms with E-state index in [2.05, 4.69) is 4.74 Å². The Morgan fingerprint density at radius 3 is 2.32 bits per heavy atom. The first-order chi connectivity index (χ1) is 10.5. The van der Waals surface area contributed by atoms with Crippen molar-refractivity contribution < 1.29 is 22.1 Å². The van der Waals surface area contributed by atoms with Crippen LogP contribution in [0.25, 0.3) is 0 Å². The molecule has 0 aliphatic carbocycles. The largest absolute Gasteiger partial charge is 0.435 e. The molecule has 2 unspecified atom stereocenters. The highest BCUT2D eigenvalue weighted by Crippen LogP contribution is 2.25. The molecule has 22 heavy (non-hydrogen) atoms. The molecule has 0 bridgehead atoms. The van der Waals surface area contributed by atoms with Gasteiger partial charge in [0.15, 0.2) is 0 Å². The van der Waals surface area contributed by atoms with Gasteiger partial charge in [0, 0.05) is 22.1 Å². The van der Waals surface area contributed by atoms with Gasteiger partial charge in [0.1, 0.15) is 11.6 Å². The molecule has 2 aromatic carbocycles. The molecule has 0 radical (unpaired) electrons. The van der Waals surface area contributed by atoms with Gasteiger partial charge in [-0.3, -0.25) is 4.21 Å². The normalized spacial score (nSPS) is 13.9. The highest BCUT2D eigenvalue weighted by atomic mass is 32.2. The Morgan fingerprint density at radius 2 is 1.73 bits per heavy atom. The van der Waals surface area contributed by atoms with E-state index in [9.17, 15) is 17.4 Å². The molecule has 2 nitrogen and oxygen atoms in total. The van der Waals surface area contributed by atoms with Crippen LogP contribution >= 0.6 is 0 Å². The van der Waals surface area contributed by atoms with Crippen LogP contribution in [0.2, 0.25) is 0 Å². The second-order valence-electron chi connectivity index (χ2n) is 4.71. The molecule has 2 rings (SSSR count). The standard InChI is InChI=1S/C16H15F3O2S/c1-11(14-4-2-3-5-15(14)17)22(20)10-12-6-8-13(9-7-12)21-16(18)19/h2-9,11,16H,10H2,1H3. The molecular weight excluding hydrogens is 313 g/mol. The number of halogens is 3. The summed E-state index contributed by atoms with van der Waals surface area (Å²) in [6, 6.07) is 12.2. The maximum atomic E-state index is 13.7. The van der Waals surface area contributed by atoms with E-state index in [-0.39, 0.29) is 17.3 Å². The van der Waals surface area contributed by atoms with Gasteiger partial charge in [0.05, 0.1) is 5.25 Å². The van der Waals surface area contributed by atoms with Crippen LogP contribution in [0, 0.1) is 5.82 Å². The van der Waals surface area contributed by atoms with Crippen LogP contribution in [0.1, 0.15) is 23.3 Å². The first-order valence-corrected chi connectivity index (χ1v) is 8.01. The Hall–Kier alpha value is -1.82. The molecule has 0 aliphatic rings. The van der Waals surface area contributed by atoms with Crippen LogP contribution in [0.15, 0.2) is 48.5 Å². The zero-order valence-electron chi connectivity index (χ0n) is 11.8. The smallest absolute Gasteiger partial charge is 0.387 e. The van der Waals surface area contributed by atoms with Crippen LogP contribution in [-0.4, -0.2) is 10.8 Å². The molecule has 0 aromatic heterocycles. The number of benzene rings is 2. The van der Waals surface area contributed by atoms with E-state index in [1.165, 1.54) is 18.2 Å². The third-order valence-electron chi connectivity index (χ3n) is 3.19. The Kier molecular flexibility index (Phi) is 5.60. The Bertz CT molecular complexity index is 644. The molecule has 0 spiro atoms. The fraction of sp³-hybridized carbons (Fsp3) is 0.250. The summed E-state index contributed by atoms with van der Waals surface area (Å²) in [5.41, 5.74) is 1.11. The van der Waals surface area contributed by atoms with Crippen LogP contribution < -0.4 is 4.74 Å². The zero-order chi connectivity index (χ0) is 16.1. The van der Waals surface area contributed by atoms with E-state index in [4.69, 9.17) is 0 Å². The van der Waals surface area contributed by atoms with E-state index in [0.29, 0.717) is 11.1 Å². The van der Waals surface area contributed by atoms with Gasteiger partial charge in [-0.2, -0.15) is 8.78 Å². The molecule has 2 aromatic rings. The maximum absolute atomic E-state index is 13.7. The van der Waals surface area contributed by atoms with Gasteiger partial charge in [0.25, 0.3) is 0 Å². The third kappa shape index (κ3) is 4.34. The zero-order valence-corrected chi connectivity index (χ0v) is 12.7. The predicted molar refractivity (Wildman–Crippen MR) is 79.7 cm³/mol. The van der Waals surface area contributed by atoms with Gasteiger partial charge in [-0.05, 0) is 30.7 Å². The molecule has 0 aliphatic heterocycles. The summed E-state index contributed by atoms with van der Waals surface area (Å²) < 4.78 is 54.4. The summed E-state index contributed by atoms with van der Waals surface area (Å²) in [5.74, 6) is -0.125. The summed E-state index contributed by atoms with van der Waals surface area (Å²) in [5, 5.41) is -0.460. The van der Waals surface area contributed by atoms with Crippen molar-refractivity contribution in [2.24, 2.45) is 0 Å². The van der Waals surface area contributed by atoms with Gasteiger partial charge >= 0.3 is 6.61 Å². The Balaban J connectivity index is 2.04. The lowest BCUT2D eigenvalue weighted by Crippen LogP contribution is -2.07. The minimum Gasteiger partial charge on any atom is -0.435 e. The quantitative estimate of drug-likeness (QED) is 0.784. The van der Waals surface area contributed by atoms with E-state index >= 15 is 0 Å². The lowest BCUT2D eigenvalue weighted by atomic mass is 10.1. The summed E-state index contributed by atoms with van der Waals surface area (Å²) in [6.07, 6.45) is 0. The van der Waals surface area contributed by atoms with Crippen LogP contribution in [0.5, 0.6) is 5.75 Å². The highest BCUT2D eigenvalue weighted by Gasteiger charge is 2.17. The van der Waals surface area contributed by atoms with E-state index in [0.717, 1.165) is 0 Å². The van der Waals surface area contributed by atoms with E-state index in [1.54, 1.807) is 37.3 Å². The van der Waals surface area contributed by atoms with Gasteiger partial charge in [0.2, 0.25) is 0 Å². The van der Waals surface area contributed by atoms with E-state index in [1.807, 2.05) is 0 Å². The third-order valence-corrected chi connectivity index (χ3v) is 4.86. The lowest BCUT2D eigenvalue weighted by molar-refractivity contribution is -0.0498. The summed E-state index contributed by atoms with van der Waals surface area (Å²) in [4.78, 5) is 0. The van der Waals surface area contributed by atoms with Crippen LogP contribution in [-0.2, 0) is 16.6 Å². The van der Waals surface area contributed by atoms with Crippen molar-refractivity contribution in [2.75, 3.05) is 0 Å². The van der Waals surface area contributed by atoms with Crippen molar-refractivity contribution in [1.29, 1.82) is 0 Å². The molecular formula is C16H15F3O2S. The van der Waals surface area contributed by atoms with Gasteiger partial charge in [-0.15, -0.1) is 0 Å². The van der Waals surface area contributed by atoms with Gasteiger partial charge in [-0.25, -0.2) is 4.39 Å². The predicted octanol–water partition coefficient (Wildman–Crippen LogP) is 4.44. The molecule has 0 amide bonds. The average molecular weight is 328 g/mol. The minimum atomic E-state index is -2.87. The molecule has 0 saturated heterocycles. The molecule has 0 heterocycles. The minimum absolute atomic E-state index is 0.0479. The number of hydrogen-bond acceptors (Lipinski definition) is 2. The van der Waals surface area contributed by atoms with Crippen molar-refractivity contribution >= 4 is 10.8 Å². The lowest BCUT2D eigenvalue weighted by Gasteiger charge is -2.13. The Morgan fingerprint density at radius 1 is 1.09 bits per heavy atom. The Labute approximate surface area is 129 Å². The number of ether oxygens (including phenoxy) is 1. The summed E-state index contributed by atoms with van der Waals surface area (Å²) in [6.45, 7) is -1.18. The maximum Gasteiger partial charge on any atom is 0.387 e. The topological polar surface area (TPSA) is 26.3 Å². The van der Waals surface area contributed by atoms with Gasteiger partial charge < -0.3 is 4.74 Å². The second kappa shape index (κ2) is 7.45. The van der Waals surface area contributed by atoms with Crippen LogP contribution in [0.3, 0.4) is 0 Å². The average Bonchev–Trinajstić information content (AvgIpc) is 2.48. The van der Waals surface area contributed by atoms with Gasteiger partial charge in [-0.1, -0.05) is 30.3 Å².